The van der Waals surface area contributed by atoms with Gasteiger partial charge in [0.1, 0.15) is 5.75 Å². The zero-order valence-corrected chi connectivity index (χ0v) is 24.8. The molecule has 0 aliphatic rings. The standard InChI is InChI=1S/C27H41N3O8Si/c1-27(2,3)23-17-22(28-12-9-15-39(34-5,35-6)36-7)16-21(25(23)31)19-30-38-14-13-37-29-18-20-10-8-11-24(33-4)26(20)32/h8,10-11,16-19,28,31-32H,9,12-15H2,1-7H3/b29-18+,30-19+. The Morgan fingerprint density at radius 3 is 2.05 bits per heavy atom. The first-order chi connectivity index (χ1) is 18.6. The molecular weight excluding hydrogens is 522 g/mol. The second kappa shape index (κ2) is 15.3. The lowest BCUT2D eigenvalue weighted by Gasteiger charge is -2.25. The zero-order valence-electron chi connectivity index (χ0n) is 23.8. The van der Waals surface area contributed by atoms with Crippen molar-refractivity contribution in [2.75, 3.05) is 53.5 Å². The highest BCUT2D eigenvalue weighted by Crippen LogP contribution is 2.35. The highest BCUT2D eigenvalue weighted by atomic mass is 28.4. The third-order valence-electron chi connectivity index (χ3n) is 5.92. The number of para-hydroxylation sites is 1. The van der Waals surface area contributed by atoms with E-state index in [9.17, 15) is 10.2 Å². The van der Waals surface area contributed by atoms with Crippen molar-refractivity contribution in [3.05, 3.63) is 47.0 Å². The van der Waals surface area contributed by atoms with Crippen molar-refractivity contribution in [1.29, 1.82) is 0 Å². The van der Waals surface area contributed by atoms with Crippen LogP contribution in [0.15, 0.2) is 40.6 Å². The molecule has 0 spiro atoms. The van der Waals surface area contributed by atoms with Gasteiger partial charge in [-0.1, -0.05) is 37.1 Å². The molecule has 12 heteroatoms. The number of nitrogens with zero attached hydrogens (tertiary/aromatic N) is 2. The molecule has 0 saturated carbocycles. The van der Waals surface area contributed by atoms with Gasteiger partial charge < -0.3 is 43.2 Å². The Bertz CT molecular complexity index is 1090. The second-order valence-corrected chi connectivity index (χ2v) is 12.7. The van der Waals surface area contributed by atoms with Crippen molar-refractivity contribution in [1.82, 2.24) is 0 Å². The predicted octanol–water partition coefficient (Wildman–Crippen LogP) is 4.49. The van der Waals surface area contributed by atoms with Crippen LogP contribution in [0.5, 0.6) is 17.2 Å². The third kappa shape index (κ3) is 9.43. The molecule has 0 fully saturated rings. The number of hydrogen-bond donors (Lipinski definition) is 3. The molecule has 0 amide bonds. The fourth-order valence-corrected chi connectivity index (χ4v) is 5.42. The quantitative estimate of drug-likeness (QED) is 0.0888. The maximum atomic E-state index is 10.9. The predicted molar refractivity (Wildman–Crippen MR) is 153 cm³/mol. The van der Waals surface area contributed by atoms with Gasteiger partial charge in [-0.15, -0.1) is 0 Å². The molecule has 0 aliphatic heterocycles. The van der Waals surface area contributed by atoms with Gasteiger partial charge in [0.25, 0.3) is 0 Å². The molecule has 3 N–H and O–H groups in total. The number of hydrogen-bond acceptors (Lipinski definition) is 11. The van der Waals surface area contributed by atoms with Crippen molar-refractivity contribution in [2.45, 2.75) is 38.7 Å². The van der Waals surface area contributed by atoms with Gasteiger partial charge in [-0.05, 0) is 36.1 Å². The minimum atomic E-state index is -2.63. The summed E-state index contributed by atoms with van der Waals surface area (Å²) in [5.74, 6) is 0.471. The van der Waals surface area contributed by atoms with Crippen molar-refractivity contribution in [2.24, 2.45) is 10.3 Å². The Kier molecular flexibility index (Phi) is 12.5. The molecule has 0 unspecified atom stereocenters. The first-order valence-corrected chi connectivity index (χ1v) is 14.5. The Morgan fingerprint density at radius 1 is 0.872 bits per heavy atom. The molecule has 2 aromatic carbocycles. The number of rotatable bonds is 16. The second-order valence-electron chi connectivity index (χ2n) is 9.57. The number of aromatic hydroxyl groups is 2. The average Bonchev–Trinajstić information content (AvgIpc) is 2.92. The highest BCUT2D eigenvalue weighted by Gasteiger charge is 2.36. The molecule has 0 atom stereocenters. The number of benzene rings is 2. The van der Waals surface area contributed by atoms with Crippen LogP contribution in [-0.2, 0) is 28.4 Å². The number of oxime groups is 2. The van der Waals surface area contributed by atoms with Crippen LogP contribution in [0.4, 0.5) is 5.69 Å². The molecule has 0 radical (unpaired) electrons. The van der Waals surface area contributed by atoms with E-state index in [-0.39, 0.29) is 30.1 Å². The molecule has 0 saturated heterocycles. The van der Waals surface area contributed by atoms with Crippen LogP contribution in [0.1, 0.15) is 43.9 Å². The van der Waals surface area contributed by atoms with E-state index in [2.05, 4.69) is 15.6 Å². The van der Waals surface area contributed by atoms with E-state index < -0.39 is 8.80 Å². The summed E-state index contributed by atoms with van der Waals surface area (Å²) in [5.41, 5.74) is 2.31. The van der Waals surface area contributed by atoms with E-state index >= 15 is 0 Å². The Labute approximate surface area is 231 Å². The molecule has 0 bridgehead atoms. The SMILES string of the molecule is COc1cccc(/C=N/OCCO/N=C/c2cc(NCCC[Si](OC)(OC)OC)cc(C(C)(C)C)c2O)c1O. The number of phenols is 2. The minimum Gasteiger partial charge on any atom is -0.507 e. The molecule has 0 aliphatic carbocycles. The molecular formula is C27H41N3O8Si. The molecule has 0 heterocycles. The normalized spacial score (nSPS) is 12.3. The molecule has 39 heavy (non-hydrogen) atoms. The summed E-state index contributed by atoms with van der Waals surface area (Å²) in [7, 11) is 3.65. The fraction of sp³-hybridized carbons (Fsp3) is 0.481. The van der Waals surface area contributed by atoms with Crippen LogP contribution < -0.4 is 10.1 Å². The molecule has 0 aromatic heterocycles. The number of anilines is 1. The van der Waals surface area contributed by atoms with E-state index in [0.717, 1.165) is 17.7 Å². The smallest absolute Gasteiger partial charge is 0.500 e. The van der Waals surface area contributed by atoms with Crippen LogP contribution >= 0.6 is 0 Å². The lowest BCUT2D eigenvalue weighted by atomic mass is 9.85. The topological polar surface area (TPSA) is 133 Å². The first kappa shape index (κ1) is 31.9. The van der Waals surface area contributed by atoms with Crippen LogP contribution in [-0.4, -0.2) is 79.6 Å². The monoisotopic (exact) mass is 563 g/mol. The summed E-state index contributed by atoms with van der Waals surface area (Å²) in [4.78, 5) is 10.4. The molecule has 216 valence electrons. The summed E-state index contributed by atoms with van der Waals surface area (Å²) in [6.45, 7) is 7.02. The Morgan fingerprint density at radius 2 is 1.49 bits per heavy atom. The maximum absolute atomic E-state index is 10.9. The minimum absolute atomic E-state index is 0.0192. The number of phenolic OH excluding ortho intramolecular Hbond substituents is 2. The Balaban J connectivity index is 1.95. The first-order valence-electron chi connectivity index (χ1n) is 12.5. The van der Waals surface area contributed by atoms with Gasteiger partial charge in [0.2, 0.25) is 0 Å². The van der Waals surface area contributed by atoms with Crippen LogP contribution in [0.25, 0.3) is 0 Å². The summed E-state index contributed by atoms with van der Waals surface area (Å²) in [6, 6.07) is 9.48. The van der Waals surface area contributed by atoms with Crippen molar-refractivity contribution in [3.63, 3.8) is 0 Å². The largest absolute Gasteiger partial charge is 0.507 e. The van der Waals surface area contributed by atoms with Crippen LogP contribution in [0, 0.1) is 0 Å². The van der Waals surface area contributed by atoms with Gasteiger partial charge in [-0.2, -0.15) is 0 Å². The number of nitrogens with one attached hydrogen (secondary N) is 1. The maximum Gasteiger partial charge on any atom is 0.500 e. The van der Waals surface area contributed by atoms with E-state index in [1.165, 1.54) is 19.5 Å². The van der Waals surface area contributed by atoms with Gasteiger partial charge in [0.15, 0.2) is 24.7 Å². The van der Waals surface area contributed by atoms with Crippen molar-refractivity contribution < 1.29 is 37.9 Å². The summed E-state index contributed by atoms with van der Waals surface area (Å²) in [5, 5.41) is 32.1. The van der Waals surface area contributed by atoms with Gasteiger partial charge in [0, 0.05) is 56.3 Å². The van der Waals surface area contributed by atoms with Crippen LogP contribution in [0.2, 0.25) is 6.04 Å². The lowest BCUT2D eigenvalue weighted by molar-refractivity contribution is 0.0553. The molecule has 2 rings (SSSR count). The molecule has 2 aromatic rings. The van der Waals surface area contributed by atoms with E-state index in [1.807, 2.05) is 32.9 Å². The number of ether oxygens (including phenoxy) is 1. The number of methoxy groups -OCH3 is 1. The molecule has 11 nitrogen and oxygen atoms in total. The average molecular weight is 564 g/mol. The fourth-order valence-electron chi connectivity index (χ4n) is 3.70. The third-order valence-corrected chi connectivity index (χ3v) is 8.75. The van der Waals surface area contributed by atoms with E-state index in [1.54, 1.807) is 39.5 Å². The Hall–Kier alpha value is -3.32. The van der Waals surface area contributed by atoms with Gasteiger partial charge in [-0.3, -0.25) is 0 Å². The summed E-state index contributed by atoms with van der Waals surface area (Å²) < 4.78 is 21.5. The van der Waals surface area contributed by atoms with Gasteiger partial charge in [-0.25, -0.2) is 0 Å². The van der Waals surface area contributed by atoms with Gasteiger partial charge in [0.05, 0.1) is 19.5 Å². The van der Waals surface area contributed by atoms with E-state index in [0.29, 0.717) is 29.5 Å². The summed E-state index contributed by atoms with van der Waals surface area (Å²) >= 11 is 0. The van der Waals surface area contributed by atoms with Crippen molar-refractivity contribution in [3.8, 4) is 17.2 Å². The zero-order chi connectivity index (χ0) is 28.9. The summed E-state index contributed by atoms with van der Waals surface area (Å²) in [6.07, 6.45) is 3.62. The van der Waals surface area contributed by atoms with E-state index in [4.69, 9.17) is 27.7 Å². The van der Waals surface area contributed by atoms with Crippen molar-refractivity contribution >= 4 is 26.9 Å². The van der Waals surface area contributed by atoms with Gasteiger partial charge >= 0.3 is 8.80 Å². The van der Waals surface area contributed by atoms with Crippen LogP contribution in [0.3, 0.4) is 0 Å². The lowest BCUT2D eigenvalue weighted by Crippen LogP contribution is -2.42. The highest BCUT2D eigenvalue weighted by molar-refractivity contribution is 6.60.